The average molecular weight is 303 g/mol. The topological polar surface area (TPSA) is 98.9 Å². The van der Waals surface area contributed by atoms with Crippen LogP contribution in [0.2, 0.25) is 0 Å². The van der Waals surface area contributed by atoms with Crippen LogP contribution in [0.4, 0.5) is 0 Å². The van der Waals surface area contributed by atoms with Crippen LogP contribution >= 0.6 is 0 Å². The van der Waals surface area contributed by atoms with Crippen LogP contribution in [-0.4, -0.2) is 32.0 Å². The van der Waals surface area contributed by atoms with E-state index in [0.29, 0.717) is 6.42 Å². The molecule has 1 rings (SSSR count). The smallest absolute Gasteiger partial charge is 0.333 e. The number of hydrogen-bond donors (Lipinski definition) is 2. The Labute approximate surface area is 119 Å². The molecule has 0 radical (unpaired) electrons. The lowest BCUT2D eigenvalue weighted by atomic mass is 10.0. The van der Waals surface area contributed by atoms with Gasteiger partial charge in [-0.15, -0.1) is 0 Å². The van der Waals surface area contributed by atoms with Gasteiger partial charge < -0.3 is 9.84 Å². The summed E-state index contributed by atoms with van der Waals surface area (Å²) in [7, 11) is -4.04. The van der Waals surface area contributed by atoms with Crippen LogP contribution in [0.5, 0.6) is 0 Å². The van der Waals surface area contributed by atoms with E-state index in [0.717, 1.165) is 11.1 Å². The van der Waals surface area contributed by atoms with Crippen LogP contribution in [0.3, 0.4) is 0 Å². The molecule has 0 aliphatic heterocycles. The van der Waals surface area contributed by atoms with Gasteiger partial charge in [0.25, 0.3) is 0 Å². The number of ether oxygens (including phenoxy) is 1. The Bertz CT molecular complexity index is 536. The summed E-state index contributed by atoms with van der Waals surface area (Å²) in [6.07, 6.45) is -0.221. The van der Waals surface area contributed by atoms with Gasteiger partial charge in [-0.2, -0.15) is 8.42 Å². The van der Waals surface area contributed by atoms with Crippen LogP contribution in [0.25, 0.3) is 0 Å². The van der Waals surface area contributed by atoms with E-state index in [1.807, 2.05) is 31.2 Å². The fourth-order valence-electron chi connectivity index (χ4n) is 1.80. The predicted octanol–water partition coefficient (Wildman–Crippen LogP) is 0.871. The summed E-state index contributed by atoms with van der Waals surface area (Å²) >= 11 is 0. The summed E-state index contributed by atoms with van der Waals surface area (Å²) in [6, 6.07) is 7.64. The first-order valence-electron chi connectivity index (χ1n) is 6.19. The van der Waals surface area contributed by atoms with E-state index >= 15 is 0 Å². The van der Waals surface area contributed by atoms with Crippen molar-refractivity contribution in [3.8, 4) is 0 Å². The van der Waals surface area contributed by atoms with Crippen LogP contribution in [-0.2, 0) is 25.6 Å². The minimum Gasteiger partial charge on any atom is -0.366 e. The highest BCUT2D eigenvalue weighted by molar-refractivity contribution is 7.84. The number of aryl methyl sites for hydroxylation is 1. The van der Waals surface area contributed by atoms with E-state index in [9.17, 15) is 13.5 Å². The lowest BCUT2D eigenvalue weighted by Gasteiger charge is -2.26. The molecule has 0 heterocycles. The molecule has 3 N–H and O–H groups in total. The first-order valence-corrected chi connectivity index (χ1v) is 7.66. The molecule has 0 saturated heterocycles. The summed E-state index contributed by atoms with van der Waals surface area (Å²) in [6.45, 7) is 4.62. The molecule has 1 aromatic rings. The largest absolute Gasteiger partial charge is 0.366 e. The quantitative estimate of drug-likeness (QED) is 0.728. The van der Waals surface area contributed by atoms with Gasteiger partial charge in [-0.25, -0.2) is 5.14 Å². The van der Waals surface area contributed by atoms with Crippen molar-refractivity contribution in [1.82, 2.24) is 0 Å². The fraction of sp³-hybridized carbons (Fsp3) is 0.538. The Kier molecular flexibility index (Phi) is 5.67. The molecular formula is C13H21NO5S. The summed E-state index contributed by atoms with van der Waals surface area (Å²) in [5.41, 5.74) is 2.03. The van der Waals surface area contributed by atoms with E-state index in [-0.39, 0.29) is 6.61 Å². The molecule has 0 aliphatic carbocycles. The zero-order valence-electron chi connectivity index (χ0n) is 11.9. The monoisotopic (exact) mass is 303 g/mol. The van der Waals surface area contributed by atoms with Crippen molar-refractivity contribution < 1.29 is 22.4 Å². The maximum atomic E-state index is 10.9. The Morgan fingerprint density at radius 3 is 2.45 bits per heavy atom. The van der Waals surface area contributed by atoms with E-state index in [4.69, 9.17) is 9.88 Å². The molecule has 0 spiro atoms. The maximum Gasteiger partial charge on any atom is 0.333 e. The van der Waals surface area contributed by atoms with Gasteiger partial charge in [-0.3, -0.25) is 4.18 Å². The second kappa shape index (κ2) is 6.64. The Hall–Kier alpha value is -0.990. The van der Waals surface area contributed by atoms with Crippen molar-refractivity contribution >= 4 is 10.3 Å². The van der Waals surface area contributed by atoms with Gasteiger partial charge in [-0.1, -0.05) is 24.3 Å². The number of nitrogens with two attached hydrogens (primary N) is 1. The third-order valence-electron chi connectivity index (χ3n) is 2.58. The number of benzene rings is 1. The molecule has 1 atom stereocenters. The number of aliphatic hydroxyl groups is 1. The van der Waals surface area contributed by atoms with Crippen molar-refractivity contribution in [1.29, 1.82) is 0 Å². The predicted molar refractivity (Wildman–Crippen MR) is 75.1 cm³/mol. The molecule has 0 aromatic heterocycles. The first kappa shape index (κ1) is 17.1. The normalized spacial score (nSPS) is 14.2. The van der Waals surface area contributed by atoms with Crippen molar-refractivity contribution in [2.24, 2.45) is 5.14 Å². The molecule has 0 aliphatic rings. The summed E-state index contributed by atoms with van der Waals surface area (Å²) in [5.74, 6) is -1.39. The van der Waals surface area contributed by atoms with E-state index in [1.54, 1.807) is 0 Å². The minimum atomic E-state index is -4.04. The van der Waals surface area contributed by atoms with Crippen molar-refractivity contribution in [3.05, 3.63) is 35.4 Å². The van der Waals surface area contributed by atoms with Gasteiger partial charge in [0, 0.05) is 6.42 Å². The maximum absolute atomic E-state index is 10.9. The summed E-state index contributed by atoms with van der Waals surface area (Å²) in [5, 5.41) is 14.5. The number of rotatable bonds is 7. The molecular weight excluding hydrogens is 282 g/mol. The molecule has 0 amide bonds. The van der Waals surface area contributed by atoms with Crippen LogP contribution < -0.4 is 5.14 Å². The Balaban J connectivity index is 2.80. The summed E-state index contributed by atoms with van der Waals surface area (Å²) < 4.78 is 31.7. The Morgan fingerprint density at radius 1 is 1.35 bits per heavy atom. The van der Waals surface area contributed by atoms with Gasteiger partial charge in [-0.05, 0) is 31.9 Å². The van der Waals surface area contributed by atoms with Crippen molar-refractivity contribution in [2.45, 2.75) is 39.1 Å². The SMILES string of the molecule is Cc1ccccc1CC(COS(N)(=O)=O)OC(C)(C)O. The molecule has 0 saturated carbocycles. The molecule has 1 unspecified atom stereocenters. The number of hydrogen-bond acceptors (Lipinski definition) is 5. The summed E-state index contributed by atoms with van der Waals surface area (Å²) in [4.78, 5) is 0. The average Bonchev–Trinajstić information content (AvgIpc) is 2.26. The van der Waals surface area contributed by atoms with E-state index in [1.165, 1.54) is 13.8 Å². The third-order valence-corrected chi connectivity index (χ3v) is 3.05. The van der Waals surface area contributed by atoms with Gasteiger partial charge in [0.15, 0.2) is 5.79 Å². The van der Waals surface area contributed by atoms with Gasteiger partial charge in [0.2, 0.25) is 0 Å². The second-order valence-electron chi connectivity index (χ2n) is 5.09. The minimum absolute atomic E-state index is 0.253. The zero-order chi connectivity index (χ0) is 15.4. The van der Waals surface area contributed by atoms with Crippen molar-refractivity contribution in [3.63, 3.8) is 0 Å². The highest BCUT2D eigenvalue weighted by atomic mass is 32.2. The van der Waals surface area contributed by atoms with Crippen molar-refractivity contribution in [2.75, 3.05) is 6.61 Å². The van der Waals surface area contributed by atoms with E-state index < -0.39 is 22.2 Å². The third kappa shape index (κ3) is 6.97. The fourth-order valence-corrected chi connectivity index (χ4v) is 2.14. The standard InChI is InChI=1S/C13H21NO5S/c1-10-6-4-5-7-11(10)8-12(19-13(2,3)15)9-18-20(14,16)17/h4-7,12,15H,8-9H2,1-3H3,(H2,14,16,17). The van der Waals surface area contributed by atoms with Gasteiger partial charge in [0.1, 0.15) is 0 Å². The highest BCUT2D eigenvalue weighted by Crippen LogP contribution is 2.16. The van der Waals surface area contributed by atoms with E-state index in [2.05, 4.69) is 4.18 Å². The van der Waals surface area contributed by atoms with Crippen LogP contribution in [0, 0.1) is 6.92 Å². The molecule has 7 heteroatoms. The van der Waals surface area contributed by atoms with Gasteiger partial charge in [0.05, 0.1) is 12.7 Å². The first-order chi connectivity index (χ1) is 9.07. The molecule has 1 aromatic carbocycles. The lowest BCUT2D eigenvalue weighted by Crippen LogP contribution is -2.35. The molecule has 20 heavy (non-hydrogen) atoms. The highest BCUT2D eigenvalue weighted by Gasteiger charge is 2.23. The Morgan fingerprint density at radius 2 is 1.95 bits per heavy atom. The molecule has 0 fully saturated rings. The second-order valence-corrected chi connectivity index (χ2v) is 6.32. The van der Waals surface area contributed by atoms with Crippen LogP contribution in [0.15, 0.2) is 24.3 Å². The van der Waals surface area contributed by atoms with Gasteiger partial charge >= 0.3 is 10.3 Å². The zero-order valence-corrected chi connectivity index (χ0v) is 12.7. The molecule has 6 nitrogen and oxygen atoms in total. The molecule has 0 bridgehead atoms. The van der Waals surface area contributed by atoms with Crippen LogP contribution in [0.1, 0.15) is 25.0 Å². The molecule has 114 valence electrons. The lowest BCUT2D eigenvalue weighted by molar-refractivity contribution is -0.210.